The first-order valence-electron chi connectivity index (χ1n) is 6.89. The molecule has 3 aliphatic carbocycles. The van der Waals surface area contributed by atoms with Crippen molar-refractivity contribution in [3.63, 3.8) is 0 Å². The van der Waals surface area contributed by atoms with Crippen molar-refractivity contribution in [3.05, 3.63) is 0 Å². The molecular formula is C14H23NO4. The Labute approximate surface area is 113 Å². The largest absolute Gasteiger partial charge is 0.480 e. The van der Waals surface area contributed by atoms with Crippen molar-refractivity contribution < 1.29 is 19.4 Å². The van der Waals surface area contributed by atoms with E-state index in [-0.39, 0.29) is 19.3 Å². The number of carbonyl (C=O) groups excluding carboxylic acids is 1. The summed E-state index contributed by atoms with van der Waals surface area (Å²) >= 11 is 0. The molecule has 0 amide bonds. The molecule has 1 unspecified atom stereocenters. The van der Waals surface area contributed by atoms with Crippen LogP contribution in [0.3, 0.4) is 0 Å². The van der Waals surface area contributed by atoms with Crippen molar-refractivity contribution in [3.8, 4) is 0 Å². The van der Waals surface area contributed by atoms with Crippen LogP contribution < -0.4 is 0 Å². The predicted molar refractivity (Wildman–Crippen MR) is 69.3 cm³/mol. The molecule has 3 aliphatic rings. The monoisotopic (exact) mass is 269 g/mol. The average molecular weight is 269 g/mol. The maximum atomic E-state index is 11.0. The van der Waals surface area contributed by atoms with Crippen LogP contribution >= 0.6 is 0 Å². The molecule has 108 valence electrons. The number of fused-ring (bicyclic) bond motifs is 2. The summed E-state index contributed by atoms with van der Waals surface area (Å²) in [6.45, 7) is 7.20. The molecule has 0 aromatic carbocycles. The molecule has 0 aromatic rings. The van der Waals surface area contributed by atoms with Crippen molar-refractivity contribution in [2.75, 3.05) is 13.3 Å². The molecule has 0 aliphatic heterocycles. The second kappa shape index (κ2) is 5.12. The van der Waals surface area contributed by atoms with Crippen LogP contribution in [-0.4, -0.2) is 41.8 Å². The number of carbonyl (C=O) groups is 2. The second-order valence-corrected chi connectivity index (χ2v) is 6.56. The molecule has 0 saturated heterocycles. The fourth-order valence-corrected chi connectivity index (χ4v) is 4.16. The van der Waals surface area contributed by atoms with E-state index in [4.69, 9.17) is 9.84 Å². The van der Waals surface area contributed by atoms with Gasteiger partial charge in [0, 0.05) is 6.04 Å². The van der Waals surface area contributed by atoms with Gasteiger partial charge < -0.3 is 9.84 Å². The minimum Gasteiger partial charge on any atom is -0.480 e. The SMILES string of the molecule is CC1[C@H](N(COC=O)CC(=O)O)C[C@@H]2C[C@H]1C2(C)C. The van der Waals surface area contributed by atoms with Gasteiger partial charge in [0.05, 0.1) is 6.54 Å². The van der Waals surface area contributed by atoms with E-state index in [0.717, 1.165) is 6.42 Å². The van der Waals surface area contributed by atoms with Gasteiger partial charge in [0.2, 0.25) is 0 Å². The van der Waals surface area contributed by atoms with E-state index >= 15 is 0 Å². The summed E-state index contributed by atoms with van der Waals surface area (Å²) in [6.07, 6.45) is 2.25. The van der Waals surface area contributed by atoms with Crippen molar-refractivity contribution in [1.29, 1.82) is 0 Å². The van der Waals surface area contributed by atoms with Gasteiger partial charge in [-0.05, 0) is 36.0 Å². The van der Waals surface area contributed by atoms with Gasteiger partial charge in [-0.25, -0.2) is 0 Å². The Hall–Kier alpha value is -1.10. The Morgan fingerprint density at radius 2 is 2.16 bits per heavy atom. The normalized spacial score (nSPS) is 35.6. The van der Waals surface area contributed by atoms with E-state index in [1.807, 2.05) is 0 Å². The van der Waals surface area contributed by atoms with Gasteiger partial charge in [-0.1, -0.05) is 20.8 Å². The number of ether oxygens (including phenoxy) is 1. The number of rotatable bonds is 6. The van der Waals surface area contributed by atoms with Gasteiger partial charge >= 0.3 is 5.97 Å². The van der Waals surface area contributed by atoms with Crippen LogP contribution in [0.25, 0.3) is 0 Å². The van der Waals surface area contributed by atoms with Crippen molar-refractivity contribution in [2.45, 2.75) is 39.7 Å². The second-order valence-electron chi connectivity index (χ2n) is 6.56. The standard InChI is InChI=1S/C14H23NO4/c1-9-11-4-10(14(11,2)3)5-12(9)15(6-13(17)18)7-19-8-16/h8-12H,4-7H2,1-3H3,(H,17,18)/t9?,10-,11+,12+/m0/s1. The zero-order valence-electron chi connectivity index (χ0n) is 11.8. The highest BCUT2D eigenvalue weighted by Gasteiger charge is 2.57. The number of hydrogen-bond donors (Lipinski definition) is 1. The molecule has 5 heteroatoms. The summed E-state index contributed by atoms with van der Waals surface area (Å²) in [7, 11) is 0. The fraction of sp³-hybridized carbons (Fsp3) is 0.857. The quantitative estimate of drug-likeness (QED) is 0.585. The van der Waals surface area contributed by atoms with Gasteiger partial charge in [0.15, 0.2) is 0 Å². The summed E-state index contributed by atoms with van der Waals surface area (Å²) in [5.74, 6) is 0.866. The highest BCUT2D eigenvalue weighted by molar-refractivity contribution is 5.69. The van der Waals surface area contributed by atoms with E-state index in [1.54, 1.807) is 4.90 Å². The lowest BCUT2D eigenvalue weighted by Gasteiger charge is -2.63. The van der Waals surface area contributed by atoms with E-state index in [2.05, 4.69) is 20.8 Å². The van der Waals surface area contributed by atoms with E-state index < -0.39 is 5.97 Å². The Morgan fingerprint density at radius 3 is 2.63 bits per heavy atom. The van der Waals surface area contributed by atoms with Gasteiger partial charge in [-0.15, -0.1) is 0 Å². The summed E-state index contributed by atoms with van der Waals surface area (Å²) in [5.41, 5.74) is 0.371. The third-order valence-electron chi connectivity index (χ3n) is 5.43. The first-order valence-corrected chi connectivity index (χ1v) is 6.89. The first kappa shape index (κ1) is 14.3. The van der Waals surface area contributed by atoms with Gasteiger partial charge in [-0.3, -0.25) is 14.5 Å². The van der Waals surface area contributed by atoms with Crippen LogP contribution in [-0.2, 0) is 14.3 Å². The maximum absolute atomic E-state index is 11.0. The number of aliphatic carboxylic acids is 1. The minimum atomic E-state index is -0.875. The highest BCUT2D eigenvalue weighted by Crippen LogP contribution is 2.61. The molecule has 4 atom stereocenters. The van der Waals surface area contributed by atoms with Crippen LogP contribution in [0.15, 0.2) is 0 Å². The van der Waals surface area contributed by atoms with Gasteiger partial charge in [0.1, 0.15) is 6.73 Å². The molecular weight excluding hydrogens is 246 g/mol. The van der Waals surface area contributed by atoms with Crippen LogP contribution in [0.4, 0.5) is 0 Å². The molecule has 0 heterocycles. The molecule has 19 heavy (non-hydrogen) atoms. The number of nitrogens with zero attached hydrogens (tertiary/aromatic N) is 1. The molecule has 0 spiro atoms. The van der Waals surface area contributed by atoms with E-state index in [9.17, 15) is 9.59 Å². The van der Waals surface area contributed by atoms with Crippen molar-refractivity contribution in [2.24, 2.45) is 23.2 Å². The Bertz CT molecular complexity index is 368. The van der Waals surface area contributed by atoms with Gasteiger partial charge in [-0.2, -0.15) is 0 Å². The van der Waals surface area contributed by atoms with Crippen molar-refractivity contribution >= 4 is 12.4 Å². The zero-order chi connectivity index (χ0) is 14.2. The molecule has 1 N–H and O–H groups in total. The van der Waals surface area contributed by atoms with Crippen LogP contribution in [0.2, 0.25) is 0 Å². The lowest BCUT2D eigenvalue weighted by Crippen LogP contribution is -2.61. The summed E-state index contributed by atoms with van der Waals surface area (Å²) in [4.78, 5) is 23.1. The lowest BCUT2D eigenvalue weighted by atomic mass is 9.44. The van der Waals surface area contributed by atoms with Crippen LogP contribution in [0.1, 0.15) is 33.6 Å². The smallest absolute Gasteiger partial charge is 0.317 e. The number of carboxylic acid groups (broad SMARTS) is 1. The fourth-order valence-electron chi connectivity index (χ4n) is 4.16. The Morgan fingerprint density at radius 1 is 1.47 bits per heavy atom. The summed E-state index contributed by atoms with van der Waals surface area (Å²) in [5, 5.41) is 8.99. The minimum absolute atomic E-state index is 0.0668. The maximum Gasteiger partial charge on any atom is 0.317 e. The van der Waals surface area contributed by atoms with E-state index in [0.29, 0.717) is 29.6 Å². The third kappa shape index (κ3) is 2.48. The highest BCUT2D eigenvalue weighted by atomic mass is 16.5. The molecule has 0 radical (unpaired) electrons. The average Bonchev–Trinajstić information content (AvgIpc) is 2.33. The Kier molecular flexibility index (Phi) is 3.85. The van der Waals surface area contributed by atoms with Crippen molar-refractivity contribution in [1.82, 2.24) is 4.90 Å². The topological polar surface area (TPSA) is 66.8 Å². The number of carboxylic acids is 1. The molecule has 3 saturated carbocycles. The number of hydrogen-bond acceptors (Lipinski definition) is 4. The predicted octanol–water partition coefficient (Wildman–Crippen LogP) is 1.57. The van der Waals surface area contributed by atoms with E-state index in [1.165, 1.54) is 6.42 Å². The summed E-state index contributed by atoms with van der Waals surface area (Å²) < 4.78 is 4.78. The lowest BCUT2D eigenvalue weighted by molar-refractivity contribution is -0.164. The third-order valence-corrected chi connectivity index (χ3v) is 5.43. The molecule has 3 rings (SSSR count). The molecule has 5 nitrogen and oxygen atoms in total. The summed E-state index contributed by atoms with van der Waals surface area (Å²) in [6, 6.07) is 0.202. The first-order chi connectivity index (χ1) is 8.87. The van der Waals surface area contributed by atoms with Crippen LogP contribution in [0, 0.1) is 23.2 Å². The molecule has 3 fully saturated rings. The molecule has 0 aromatic heterocycles. The van der Waals surface area contributed by atoms with Crippen LogP contribution in [0.5, 0.6) is 0 Å². The zero-order valence-corrected chi connectivity index (χ0v) is 11.8. The molecule has 2 bridgehead atoms. The Balaban J connectivity index is 2.06. The van der Waals surface area contributed by atoms with Gasteiger partial charge in [0.25, 0.3) is 6.47 Å².